The highest BCUT2D eigenvalue weighted by atomic mass is 32.2. The monoisotopic (exact) mass is 262 g/mol. The summed E-state index contributed by atoms with van der Waals surface area (Å²) >= 11 is 1.31. The van der Waals surface area contributed by atoms with Crippen LogP contribution in [-0.2, 0) is 0 Å². The topological polar surface area (TPSA) is 83.0 Å². The standard InChI is InChI=1S/C12H10N2O3S/c1-7-13-10(15)6-11(14-7)18-9-4-2-8(3-5-9)12(16)17/h2-6H,1H3,(H,16,17)(H,13,14,15). The zero-order valence-electron chi connectivity index (χ0n) is 9.51. The molecule has 0 fully saturated rings. The van der Waals surface area contributed by atoms with E-state index in [0.29, 0.717) is 10.9 Å². The molecule has 1 aromatic heterocycles. The number of carboxylic acid groups (broad SMARTS) is 1. The summed E-state index contributed by atoms with van der Waals surface area (Å²) in [5.41, 5.74) is 0.0292. The summed E-state index contributed by atoms with van der Waals surface area (Å²) < 4.78 is 0. The normalized spacial score (nSPS) is 10.3. The van der Waals surface area contributed by atoms with Crippen LogP contribution in [0.25, 0.3) is 0 Å². The second kappa shape index (κ2) is 5.05. The van der Waals surface area contributed by atoms with Gasteiger partial charge in [-0.2, -0.15) is 0 Å². The number of benzene rings is 1. The third-order valence-corrected chi connectivity index (χ3v) is 3.09. The Morgan fingerprint density at radius 1 is 1.33 bits per heavy atom. The van der Waals surface area contributed by atoms with Crippen LogP contribution in [0.2, 0.25) is 0 Å². The molecule has 2 rings (SSSR count). The van der Waals surface area contributed by atoms with E-state index in [1.54, 1.807) is 19.1 Å². The van der Waals surface area contributed by atoms with Gasteiger partial charge in [-0.25, -0.2) is 9.78 Å². The molecule has 0 aliphatic rings. The van der Waals surface area contributed by atoms with Gasteiger partial charge in [0.25, 0.3) is 5.56 Å². The molecule has 0 aliphatic carbocycles. The highest BCUT2D eigenvalue weighted by Gasteiger charge is 2.04. The van der Waals surface area contributed by atoms with E-state index in [1.165, 1.54) is 30.0 Å². The van der Waals surface area contributed by atoms with Gasteiger partial charge in [-0.1, -0.05) is 11.8 Å². The van der Waals surface area contributed by atoms with E-state index in [4.69, 9.17) is 5.11 Å². The number of nitrogens with zero attached hydrogens (tertiary/aromatic N) is 1. The van der Waals surface area contributed by atoms with E-state index in [-0.39, 0.29) is 11.1 Å². The molecule has 0 unspecified atom stereocenters. The zero-order valence-corrected chi connectivity index (χ0v) is 10.3. The average molecular weight is 262 g/mol. The van der Waals surface area contributed by atoms with Crippen molar-refractivity contribution in [2.75, 3.05) is 0 Å². The van der Waals surface area contributed by atoms with Crippen molar-refractivity contribution < 1.29 is 9.90 Å². The number of aryl methyl sites for hydroxylation is 1. The predicted octanol–water partition coefficient (Wildman–Crippen LogP) is 1.93. The molecule has 0 saturated carbocycles. The lowest BCUT2D eigenvalue weighted by atomic mass is 10.2. The average Bonchev–Trinajstić information content (AvgIpc) is 2.28. The first-order valence-corrected chi connectivity index (χ1v) is 5.95. The van der Waals surface area contributed by atoms with Gasteiger partial charge in [0.15, 0.2) is 0 Å². The summed E-state index contributed by atoms with van der Waals surface area (Å²) in [5, 5.41) is 9.36. The van der Waals surface area contributed by atoms with Gasteiger partial charge in [0, 0.05) is 11.0 Å². The third-order valence-electron chi connectivity index (χ3n) is 2.16. The van der Waals surface area contributed by atoms with Crippen molar-refractivity contribution in [3.8, 4) is 0 Å². The number of hydrogen-bond acceptors (Lipinski definition) is 4. The molecule has 1 heterocycles. The Labute approximate surface area is 107 Å². The van der Waals surface area contributed by atoms with Crippen molar-refractivity contribution in [1.29, 1.82) is 0 Å². The second-order valence-corrected chi connectivity index (χ2v) is 4.69. The van der Waals surface area contributed by atoms with Crippen molar-refractivity contribution >= 4 is 17.7 Å². The molecule has 0 spiro atoms. The molecule has 6 heteroatoms. The molecule has 1 aromatic carbocycles. The highest BCUT2D eigenvalue weighted by Crippen LogP contribution is 2.25. The highest BCUT2D eigenvalue weighted by molar-refractivity contribution is 7.99. The Balaban J connectivity index is 2.23. The van der Waals surface area contributed by atoms with Gasteiger partial charge < -0.3 is 10.1 Å². The molecule has 92 valence electrons. The Morgan fingerprint density at radius 2 is 2.00 bits per heavy atom. The maximum absolute atomic E-state index is 11.3. The van der Waals surface area contributed by atoms with Crippen LogP contribution < -0.4 is 5.56 Å². The number of nitrogens with one attached hydrogen (secondary N) is 1. The van der Waals surface area contributed by atoms with Gasteiger partial charge >= 0.3 is 5.97 Å². The Morgan fingerprint density at radius 3 is 2.56 bits per heavy atom. The van der Waals surface area contributed by atoms with Crippen molar-refractivity contribution in [3.63, 3.8) is 0 Å². The number of carboxylic acids is 1. The van der Waals surface area contributed by atoms with Gasteiger partial charge in [0.05, 0.1) is 5.56 Å². The molecule has 2 N–H and O–H groups in total. The van der Waals surface area contributed by atoms with Crippen LogP contribution in [0, 0.1) is 6.92 Å². The van der Waals surface area contributed by atoms with E-state index >= 15 is 0 Å². The molecule has 2 aromatic rings. The van der Waals surface area contributed by atoms with E-state index in [9.17, 15) is 9.59 Å². The largest absolute Gasteiger partial charge is 0.478 e. The molecule has 0 aliphatic heterocycles. The minimum atomic E-state index is -0.961. The van der Waals surface area contributed by atoms with Gasteiger partial charge in [-0.3, -0.25) is 4.79 Å². The van der Waals surface area contributed by atoms with Crippen LogP contribution in [0.3, 0.4) is 0 Å². The smallest absolute Gasteiger partial charge is 0.335 e. The first-order chi connectivity index (χ1) is 8.54. The number of hydrogen-bond donors (Lipinski definition) is 2. The maximum Gasteiger partial charge on any atom is 0.335 e. The minimum Gasteiger partial charge on any atom is -0.478 e. The molecule has 0 amide bonds. The van der Waals surface area contributed by atoms with Gasteiger partial charge in [-0.15, -0.1) is 0 Å². The van der Waals surface area contributed by atoms with Gasteiger partial charge in [-0.05, 0) is 31.2 Å². The Hall–Kier alpha value is -2.08. The lowest BCUT2D eigenvalue weighted by Gasteiger charge is -2.02. The third kappa shape index (κ3) is 2.98. The van der Waals surface area contributed by atoms with Crippen molar-refractivity contribution in [2.45, 2.75) is 16.8 Å². The predicted molar refractivity (Wildman–Crippen MR) is 67.1 cm³/mol. The summed E-state index contributed by atoms with van der Waals surface area (Å²) in [4.78, 5) is 29.5. The minimum absolute atomic E-state index is 0.202. The van der Waals surface area contributed by atoms with Gasteiger partial charge in [0.2, 0.25) is 0 Å². The van der Waals surface area contributed by atoms with Crippen LogP contribution >= 0.6 is 11.8 Å². The molecule has 18 heavy (non-hydrogen) atoms. The summed E-state index contributed by atoms with van der Waals surface area (Å²) in [5.74, 6) is -0.413. The van der Waals surface area contributed by atoms with E-state index in [1.807, 2.05) is 0 Å². The fourth-order valence-corrected chi connectivity index (χ4v) is 2.25. The molecule has 0 saturated heterocycles. The zero-order chi connectivity index (χ0) is 13.1. The number of aromatic carboxylic acids is 1. The summed E-state index contributed by atoms with van der Waals surface area (Å²) in [6.07, 6.45) is 0. The molecule has 0 radical (unpaired) electrons. The number of aromatic nitrogens is 2. The summed E-state index contributed by atoms with van der Waals surface area (Å²) in [7, 11) is 0. The fourth-order valence-electron chi connectivity index (χ4n) is 1.39. The van der Waals surface area contributed by atoms with E-state index in [0.717, 1.165) is 4.90 Å². The molecule has 0 atom stereocenters. The first-order valence-electron chi connectivity index (χ1n) is 5.14. The van der Waals surface area contributed by atoms with Crippen LogP contribution in [0.15, 0.2) is 45.0 Å². The summed E-state index contributed by atoms with van der Waals surface area (Å²) in [6.45, 7) is 1.71. The first kappa shape index (κ1) is 12.4. The lowest BCUT2D eigenvalue weighted by Crippen LogP contribution is -2.07. The summed E-state index contributed by atoms with van der Waals surface area (Å²) in [6, 6.07) is 7.82. The molecular weight excluding hydrogens is 252 g/mol. The van der Waals surface area contributed by atoms with Crippen LogP contribution in [0.4, 0.5) is 0 Å². The lowest BCUT2D eigenvalue weighted by molar-refractivity contribution is 0.0697. The fraction of sp³-hybridized carbons (Fsp3) is 0.0833. The van der Waals surface area contributed by atoms with E-state index in [2.05, 4.69) is 9.97 Å². The number of H-pyrrole nitrogens is 1. The molecule has 0 bridgehead atoms. The van der Waals surface area contributed by atoms with Crippen molar-refractivity contribution in [2.24, 2.45) is 0 Å². The van der Waals surface area contributed by atoms with Crippen molar-refractivity contribution in [3.05, 3.63) is 52.1 Å². The van der Waals surface area contributed by atoms with Crippen molar-refractivity contribution in [1.82, 2.24) is 9.97 Å². The SMILES string of the molecule is Cc1nc(Sc2ccc(C(=O)O)cc2)cc(=O)[nH]1. The van der Waals surface area contributed by atoms with Crippen LogP contribution in [-0.4, -0.2) is 21.0 Å². The Kier molecular flexibility index (Phi) is 3.47. The number of aromatic amines is 1. The number of rotatable bonds is 3. The molecule has 5 nitrogen and oxygen atoms in total. The Bertz CT molecular complexity index is 635. The van der Waals surface area contributed by atoms with Gasteiger partial charge in [0.1, 0.15) is 10.9 Å². The quantitative estimate of drug-likeness (QED) is 0.826. The molecular formula is C12H10N2O3S. The van der Waals surface area contributed by atoms with Crippen LogP contribution in [0.1, 0.15) is 16.2 Å². The number of carbonyl (C=O) groups is 1. The van der Waals surface area contributed by atoms with Crippen LogP contribution in [0.5, 0.6) is 0 Å². The second-order valence-electron chi connectivity index (χ2n) is 3.60. The van der Waals surface area contributed by atoms with E-state index < -0.39 is 5.97 Å². The maximum atomic E-state index is 11.3.